The van der Waals surface area contributed by atoms with Crippen LogP contribution in [0.25, 0.3) is 0 Å². The molecule has 114 valence electrons. The molecule has 0 aliphatic heterocycles. The SMILES string of the molecule is Cc1ccc(C(=O)NCCNCC(C)(C)CCC#N)cc1. The van der Waals surface area contributed by atoms with Gasteiger partial charge < -0.3 is 10.6 Å². The zero-order valence-electron chi connectivity index (χ0n) is 13.2. The maximum atomic E-state index is 11.9. The topological polar surface area (TPSA) is 64.9 Å². The fourth-order valence-corrected chi connectivity index (χ4v) is 1.98. The fraction of sp³-hybridized carbons (Fsp3) is 0.529. The molecule has 0 bridgehead atoms. The quantitative estimate of drug-likeness (QED) is 0.722. The Kier molecular flexibility index (Phi) is 6.90. The van der Waals surface area contributed by atoms with E-state index in [1.165, 1.54) is 0 Å². The molecule has 0 fully saturated rings. The molecule has 4 heteroatoms. The highest BCUT2D eigenvalue weighted by atomic mass is 16.1. The molecular formula is C17H25N3O. The minimum Gasteiger partial charge on any atom is -0.351 e. The van der Waals surface area contributed by atoms with E-state index in [4.69, 9.17) is 5.26 Å². The van der Waals surface area contributed by atoms with E-state index >= 15 is 0 Å². The number of nitrogens with zero attached hydrogens (tertiary/aromatic N) is 1. The summed E-state index contributed by atoms with van der Waals surface area (Å²) < 4.78 is 0. The van der Waals surface area contributed by atoms with Crippen LogP contribution in [0.2, 0.25) is 0 Å². The van der Waals surface area contributed by atoms with E-state index in [-0.39, 0.29) is 11.3 Å². The zero-order valence-corrected chi connectivity index (χ0v) is 13.2. The lowest BCUT2D eigenvalue weighted by Gasteiger charge is -2.23. The molecule has 1 rings (SSSR count). The standard InChI is InChI=1S/C17H25N3O/c1-14-5-7-15(8-6-14)16(21)20-12-11-19-13-17(2,3)9-4-10-18/h5-8,19H,4,9,11-13H2,1-3H3,(H,20,21). The molecule has 4 nitrogen and oxygen atoms in total. The first-order chi connectivity index (χ1) is 9.94. The number of aryl methyl sites for hydroxylation is 1. The van der Waals surface area contributed by atoms with Crippen molar-refractivity contribution in [2.45, 2.75) is 33.6 Å². The van der Waals surface area contributed by atoms with Gasteiger partial charge in [-0.15, -0.1) is 0 Å². The van der Waals surface area contributed by atoms with Crippen molar-refractivity contribution >= 4 is 5.91 Å². The number of hydrogen-bond donors (Lipinski definition) is 2. The molecular weight excluding hydrogens is 262 g/mol. The van der Waals surface area contributed by atoms with Gasteiger partial charge in [-0.1, -0.05) is 31.5 Å². The van der Waals surface area contributed by atoms with Crippen LogP contribution in [-0.4, -0.2) is 25.5 Å². The Labute approximate surface area is 127 Å². The highest BCUT2D eigenvalue weighted by Gasteiger charge is 2.16. The molecule has 1 aromatic carbocycles. The minimum atomic E-state index is -0.0412. The highest BCUT2D eigenvalue weighted by molar-refractivity contribution is 5.94. The summed E-state index contributed by atoms with van der Waals surface area (Å²) in [6, 6.07) is 9.72. The van der Waals surface area contributed by atoms with Gasteiger partial charge in [0, 0.05) is 31.6 Å². The number of carbonyl (C=O) groups excluding carboxylic acids is 1. The second-order valence-electron chi connectivity index (χ2n) is 6.12. The third-order valence-corrected chi connectivity index (χ3v) is 3.42. The number of benzene rings is 1. The lowest BCUT2D eigenvalue weighted by Crippen LogP contribution is -2.36. The predicted molar refractivity (Wildman–Crippen MR) is 85.0 cm³/mol. The summed E-state index contributed by atoms with van der Waals surface area (Å²) in [6.45, 7) is 8.45. The Balaban J connectivity index is 2.21. The Morgan fingerprint density at radius 1 is 1.24 bits per heavy atom. The van der Waals surface area contributed by atoms with Crippen LogP contribution in [0.1, 0.15) is 42.6 Å². The molecule has 0 saturated heterocycles. The largest absolute Gasteiger partial charge is 0.351 e. The molecule has 0 unspecified atom stereocenters. The van der Waals surface area contributed by atoms with Gasteiger partial charge in [-0.3, -0.25) is 4.79 Å². The van der Waals surface area contributed by atoms with Crippen molar-refractivity contribution < 1.29 is 4.79 Å². The average Bonchev–Trinajstić information content (AvgIpc) is 2.45. The van der Waals surface area contributed by atoms with Gasteiger partial charge in [0.05, 0.1) is 6.07 Å². The highest BCUT2D eigenvalue weighted by Crippen LogP contribution is 2.20. The molecule has 0 saturated carbocycles. The van der Waals surface area contributed by atoms with E-state index in [1.54, 1.807) is 0 Å². The third kappa shape index (κ3) is 6.92. The summed E-state index contributed by atoms with van der Waals surface area (Å²) in [6.07, 6.45) is 1.46. The van der Waals surface area contributed by atoms with E-state index in [0.29, 0.717) is 18.5 Å². The summed E-state index contributed by atoms with van der Waals surface area (Å²) in [7, 11) is 0. The smallest absolute Gasteiger partial charge is 0.251 e. The van der Waals surface area contributed by atoms with E-state index in [1.807, 2.05) is 31.2 Å². The maximum Gasteiger partial charge on any atom is 0.251 e. The number of carbonyl (C=O) groups is 1. The summed E-state index contributed by atoms with van der Waals surface area (Å²) in [5.41, 5.74) is 1.94. The van der Waals surface area contributed by atoms with Crippen molar-refractivity contribution in [1.82, 2.24) is 10.6 Å². The molecule has 2 N–H and O–H groups in total. The van der Waals surface area contributed by atoms with E-state index in [2.05, 4.69) is 30.6 Å². The second-order valence-corrected chi connectivity index (χ2v) is 6.12. The number of hydrogen-bond acceptors (Lipinski definition) is 3. The van der Waals surface area contributed by atoms with Crippen LogP contribution in [0.15, 0.2) is 24.3 Å². The third-order valence-electron chi connectivity index (χ3n) is 3.42. The van der Waals surface area contributed by atoms with Gasteiger partial charge >= 0.3 is 0 Å². The lowest BCUT2D eigenvalue weighted by atomic mass is 9.88. The van der Waals surface area contributed by atoms with Crippen molar-refractivity contribution in [3.8, 4) is 6.07 Å². The monoisotopic (exact) mass is 287 g/mol. The number of nitrogens with one attached hydrogen (secondary N) is 2. The Hall–Kier alpha value is -1.86. The van der Waals surface area contributed by atoms with Crippen molar-refractivity contribution in [2.24, 2.45) is 5.41 Å². The van der Waals surface area contributed by atoms with Crippen LogP contribution < -0.4 is 10.6 Å². The molecule has 0 aromatic heterocycles. The van der Waals surface area contributed by atoms with Gasteiger partial charge in [0.1, 0.15) is 0 Å². The van der Waals surface area contributed by atoms with E-state index in [0.717, 1.165) is 25.1 Å². The molecule has 0 atom stereocenters. The molecule has 21 heavy (non-hydrogen) atoms. The van der Waals surface area contributed by atoms with Gasteiger partial charge in [0.2, 0.25) is 0 Å². The predicted octanol–water partition coefficient (Wildman–Crippen LogP) is 2.64. The van der Waals surface area contributed by atoms with Gasteiger partial charge in [0.15, 0.2) is 0 Å². The van der Waals surface area contributed by atoms with Crippen molar-refractivity contribution in [3.63, 3.8) is 0 Å². The van der Waals surface area contributed by atoms with Gasteiger partial charge in [0.25, 0.3) is 5.91 Å². The molecule has 0 radical (unpaired) electrons. The van der Waals surface area contributed by atoms with Crippen LogP contribution in [0, 0.1) is 23.7 Å². The average molecular weight is 287 g/mol. The Morgan fingerprint density at radius 2 is 1.90 bits per heavy atom. The molecule has 0 heterocycles. The summed E-state index contributed by atoms with van der Waals surface area (Å²) in [5, 5.41) is 14.8. The van der Waals surface area contributed by atoms with Gasteiger partial charge in [-0.05, 0) is 30.9 Å². The number of nitriles is 1. The van der Waals surface area contributed by atoms with Crippen LogP contribution >= 0.6 is 0 Å². The van der Waals surface area contributed by atoms with E-state index in [9.17, 15) is 4.79 Å². The van der Waals surface area contributed by atoms with Crippen LogP contribution in [0.4, 0.5) is 0 Å². The first kappa shape index (κ1) is 17.2. The molecule has 0 aliphatic rings. The fourth-order valence-electron chi connectivity index (χ4n) is 1.98. The van der Waals surface area contributed by atoms with E-state index < -0.39 is 0 Å². The minimum absolute atomic E-state index is 0.0412. The van der Waals surface area contributed by atoms with Crippen molar-refractivity contribution in [3.05, 3.63) is 35.4 Å². The Morgan fingerprint density at radius 3 is 2.52 bits per heavy atom. The Bertz CT molecular complexity index is 486. The first-order valence-corrected chi connectivity index (χ1v) is 7.37. The first-order valence-electron chi connectivity index (χ1n) is 7.37. The van der Waals surface area contributed by atoms with Gasteiger partial charge in [-0.2, -0.15) is 5.26 Å². The molecule has 0 spiro atoms. The van der Waals surface area contributed by atoms with Crippen LogP contribution in [-0.2, 0) is 0 Å². The maximum absolute atomic E-state index is 11.9. The van der Waals surface area contributed by atoms with Crippen LogP contribution in [0.5, 0.6) is 0 Å². The summed E-state index contributed by atoms with van der Waals surface area (Å²) in [5.74, 6) is -0.0412. The van der Waals surface area contributed by atoms with Gasteiger partial charge in [-0.25, -0.2) is 0 Å². The zero-order chi connectivity index (χ0) is 15.7. The summed E-state index contributed by atoms with van der Waals surface area (Å²) in [4.78, 5) is 11.9. The normalized spacial score (nSPS) is 11.0. The van der Waals surface area contributed by atoms with Crippen LogP contribution in [0.3, 0.4) is 0 Å². The molecule has 1 aromatic rings. The summed E-state index contributed by atoms with van der Waals surface area (Å²) >= 11 is 0. The molecule has 1 amide bonds. The number of amides is 1. The lowest BCUT2D eigenvalue weighted by molar-refractivity contribution is 0.0953. The van der Waals surface area contributed by atoms with Crippen molar-refractivity contribution in [1.29, 1.82) is 5.26 Å². The molecule has 0 aliphatic carbocycles. The number of rotatable bonds is 8. The second kappa shape index (κ2) is 8.43. The van der Waals surface area contributed by atoms with Crippen molar-refractivity contribution in [2.75, 3.05) is 19.6 Å².